The minimum atomic E-state index is 0.116. The Balaban J connectivity index is 1.94. The van der Waals surface area contributed by atoms with Gasteiger partial charge in [0.25, 0.3) is 0 Å². The SMILES string of the molecule is C=CC1CC(=O)N(c2cc(-c3ccccn3)nn2C)C1. The van der Waals surface area contributed by atoms with Gasteiger partial charge in [-0.3, -0.25) is 19.4 Å². The van der Waals surface area contributed by atoms with E-state index in [2.05, 4.69) is 16.7 Å². The molecule has 1 atom stereocenters. The predicted octanol–water partition coefficient (Wildman–Crippen LogP) is 2.02. The highest BCUT2D eigenvalue weighted by Crippen LogP contribution is 2.28. The van der Waals surface area contributed by atoms with E-state index < -0.39 is 0 Å². The van der Waals surface area contributed by atoms with E-state index in [9.17, 15) is 4.79 Å². The zero-order chi connectivity index (χ0) is 14.1. The summed E-state index contributed by atoms with van der Waals surface area (Å²) in [4.78, 5) is 18.1. The summed E-state index contributed by atoms with van der Waals surface area (Å²) in [7, 11) is 1.84. The van der Waals surface area contributed by atoms with Crippen LogP contribution in [0.1, 0.15) is 6.42 Å². The van der Waals surface area contributed by atoms with Gasteiger partial charge in [-0.15, -0.1) is 6.58 Å². The van der Waals surface area contributed by atoms with Crippen LogP contribution in [0.25, 0.3) is 11.4 Å². The summed E-state index contributed by atoms with van der Waals surface area (Å²) in [5.41, 5.74) is 1.58. The van der Waals surface area contributed by atoms with Gasteiger partial charge in [0.05, 0.1) is 5.69 Å². The summed E-state index contributed by atoms with van der Waals surface area (Å²) < 4.78 is 1.73. The first-order valence-electron chi connectivity index (χ1n) is 6.57. The molecule has 1 saturated heterocycles. The number of aryl methyl sites for hydroxylation is 1. The van der Waals surface area contributed by atoms with Crippen molar-refractivity contribution in [3.05, 3.63) is 43.1 Å². The number of hydrogen-bond donors (Lipinski definition) is 0. The summed E-state index contributed by atoms with van der Waals surface area (Å²) in [5, 5.41) is 4.45. The number of pyridine rings is 1. The number of hydrogen-bond acceptors (Lipinski definition) is 3. The highest BCUT2D eigenvalue weighted by molar-refractivity contribution is 5.95. The van der Waals surface area contributed by atoms with Crippen molar-refractivity contribution in [2.45, 2.75) is 6.42 Å². The molecule has 2 aromatic heterocycles. The van der Waals surface area contributed by atoms with Crippen LogP contribution >= 0.6 is 0 Å². The van der Waals surface area contributed by atoms with Crippen LogP contribution in [0.2, 0.25) is 0 Å². The quantitative estimate of drug-likeness (QED) is 0.800. The molecule has 0 aromatic carbocycles. The Morgan fingerprint density at radius 1 is 1.40 bits per heavy atom. The molecule has 0 N–H and O–H groups in total. The molecule has 0 bridgehead atoms. The molecule has 1 amide bonds. The first-order valence-corrected chi connectivity index (χ1v) is 6.57. The number of anilines is 1. The van der Waals surface area contributed by atoms with E-state index >= 15 is 0 Å². The molecule has 1 aliphatic rings. The topological polar surface area (TPSA) is 51.0 Å². The Hall–Kier alpha value is -2.43. The first-order chi connectivity index (χ1) is 9.69. The average molecular weight is 268 g/mol. The Morgan fingerprint density at radius 3 is 2.90 bits per heavy atom. The Labute approximate surface area is 117 Å². The summed E-state index contributed by atoms with van der Waals surface area (Å²) in [6, 6.07) is 7.60. The third-order valence-electron chi connectivity index (χ3n) is 3.55. The van der Waals surface area contributed by atoms with Crippen molar-refractivity contribution in [3.63, 3.8) is 0 Å². The molecule has 102 valence electrons. The number of amides is 1. The highest BCUT2D eigenvalue weighted by Gasteiger charge is 2.30. The first kappa shape index (κ1) is 12.6. The molecular formula is C15H16N4O. The minimum Gasteiger partial charge on any atom is -0.296 e. The summed E-state index contributed by atoms with van der Waals surface area (Å²) in [5.74, 6) is 1.14. The van der Waals surface area contributed by atoms with Gasteiger partial charge in [-0.2, -0.15) is 5.10 Å². The van der Waals surface area contributed by atoms with Gasteiger partial charge in [0.1, 0.15) is 11.5 Å². The lowest BCUT2D eigenvalue weighted by Gasteiger charge is -2.15. The van der Waals surface area contributed by atoms with E-state index in [1.165, 1.54) is 0 Å². The zero-order valence-corrected chi connectivity index (χ0v) is 11.4. The lowest BCUT2D eigenvalue weighted by atomic mass is 10.1. The molecule has 2 aromatic rings. The molecule has 3 rings (SSSR count). The van der Waals surface area contributed by atoms with Gasteiger partial charge in [0.2, 0.25) is 5.91 Å². The summed E-state index contributed by atoms with van der Waals surface area (Å²) >= 11 is 0. The normalized spacial score (nSPS) is 18.6. The number of carbonyl (C=O) groups is 1. The van der Waals surface area contributed by atoms with E-state index in [0.29, 0.717) is 13.0 Å². The van der Waals surface area contributed by atoms with Crippen molar-refractivity contribution in [1.82, 2.24) is 14.8 Å². The van der Waals surface area contributed by atoms with Crippen LogP contribution in [0.15, 0.2) is 43.1 Å². The molecule has 1 aliphatic heterocycles. The van der Waals surface area contributed by atoms with Crippen molar-refractivity contribution < 1.29 is 4.79 Å². The zero-order valence-electron chi connectivity index (χ0n) is 11.4. The van der Waals surface area contributed by atoms with Crippen LogP contribution in [0.5, 0.6) is 0 Å². The fourth-order valence-corrected chi connectivity index (χ4v) is 2.46. The summed E-state index contributed by atoms with van der Waals surface area (Å²) in [6.07, 6.45) is 4.10. The van der Waals surface area contributed by atoms with Crippen LogP contribution in [-0.4, -0.2) is 27.2 Å². The lowest BCUT2D eigenvalue weighted by molar-refractivity contribution is -0.117. The van der Waals surface area contributed by atoms with Gasteiger partial charge in [-0.25, -0.2) is 0 Å². The molecule has 0 spiro atoms. The number of carbonyl (C=O) groups excluding carboxylic acids is 1. The molecular weight excluding hydrogens is 252 g/mol. The van der Waals surface area contributed by atoms with Crippen LogP contribution < -0.4 is 4.90 Å². The second-order valence-electron chi connectivity index (χ2n) is 4.93. The lowest BCUT2D eigenvalue weighted by Crippen LogP contribution is -2.26. The van der Waals surface area contributed by atoms with Crippen molar-refractivity contribution >= 4 is 11.7 Å². The highest BCUT2D eigenvalue weighted by atomic mass is 16.2. The molecule has 0 radical (unpaired) electrons. The molecule has 5 nitrogen and oxygen atoms in total. The van der Waals surface area contributed by atoms with Crippen molar-refractivity contribution in [2.75, 3.05) is 11.4 Å². The number of aromatic nitrogens is 3. The van der Waals surface area contributed by atoms with Gasteiger partial charge >= 0.3 is 0 Å². The third kappa shape index (κ3) is 2.11. The fraction of sp³-hybridized carbons (Fsp3) is 0.267. The predicted molar refractivity (Wildman–Crippen MR) is 77.1 cm³/mol. The minimum absolute atomic E-state index is 0.116. The molecule has 0 aliphatic carbocycles. The second-order valence-corrected chi connectivity index (χ2v) is 4.93. The third-order valence-corrected chi connectivity index (χ3v) is 3.55. The molecule has 0 saturated carbocycles. The standard InChI is InChI=1S/C15H16N4O/c1-3-11-8-15(20)19(10-11)14-9-13(17-18(14)2)12-6-4-5-7-16-12/h3-7,9,11H,1,8,10H2,2H3. The van der Waals surface area contributed by atoms with Gasteiger partial charge in [-0.1, -0.05) is 12.1 Å². The monoisotopic (exact) mass is 268 g/mol. The number of nitrogens with zero attached hydrogens (tertiary/aromatic N) is 4. The van der Waals surface area contributed by atoms with Gasteiger partial charge < -0.3 is 0 Å². The number of rotatable bonds is 3. The molecule has 3 heterocycles. The van der Waals surface area contributed by atoms with Crippen LogP contribution in [-0.2, 0) is 11.8 Å². The molecule has 5 heteroatoms. The van der Waals surface area contributed by atoms with Crippen LogP contribution in [0.3, 0.4) is 0 Å². The van der Waals surface area contributed by atoms with E-state index in [-0.39, 0.29) is 11.8 Å². The van der Waals surface area contributed by atoms with E-state index in [1.807, 2.05) is 37.4 Å². The van der Waals surface area contributed by atoms with Gasteiger partial charge in [0.15, 0.2) is 0 Å². The maximum Gasteiger partial charge on any atom is 0.228 e. The largest absolute Gasteiger partial charge is 0.296 e. The second kappa shape index (κ2) is 4.92. The Morgan fingerprint density at radius 2 is 2.25 bits per heavy atom. The maximum atomic E-state index is 12.1. The van der Waals surface area contributed by atoms with E-state index in [1.54, 1.807) is 15.8 Å². The van der Waals surface area contributed by atoms with Crippen molar-refractivity contribution in [3.8, 4) is 11.4 Å². The van der Waals surface area contributed by atoms with Gasteiger partial charge in [-0.05, 0) is 12.1 Å². The van der Waals surface area contributed by atoms with Crippen LogP contribution in [0, 0.1) is 5.92 Å². The van der Waals surface area contributed by atoms with Crippen LogP contribution in [0.4, 0.5) is 5.82 Å². The van der Waals surface area contributed by atoms with Crippen molar-refractivity contribution in [2.24, 2.45) is 13.0 Å². The van der Waals surface area contributed by atoms with E-state index in [4.69, 9.17) is 0 Å². The Kier molecular flexibility index (Phi) is 3.10. The van der Waals surface area contributed by atoms with Gasteiger partial charge in [0, 0.05) is 38.2 Å². The smallest absolute Gasteiger partial charge is 0.228 e. The summed E-state index contributed by atoms with van der Waals surface area (Å²) in [6.45, 7) is 4.44. The molecule has 20 heavy (non-hydrogen) atoms. The van der Waals surface area contributed by atoms with Crippen molar-refractivity contribution in [1.29, 1.82) is 0 Å². The van der Waals surface area contributed by atoms with E-state index in [0.717, 1.165) is 17.2 Å². The average Bonchev–Trinajstić information content (AvgIpc) is 3.02. The molecule has 1 fully saturated rings. The Bertz CT molecular complexity index is 647. The molecule has 1 unspecified atom stereocenters. The maximum absolute atomic E-state index is 12.1. The fourth-order valence-electron chi connectivity index (χ4n) is 2.46.